The van der Waals surface area contributed by atoms with Gasteiger partial charge in [0.15, 0.2) is 12.7 Å². The lowest BCUT2D eigenvalue weighted by Gasteiger charge is -2.18. The number of thiophene rings is 1. The fourth-order valence-electron chi connectivity index (χ4n) is 3.61. The molecule has 0 spiro atoms. The van der Waals surface area contributed by atoms with E-state index in [2.05, 4.69) is 12.2 Å². The Balaban J connectivity index is 1.63. The highest BCUT2D eigenvalue weighted by molar-refractivity contribution is 7.17. The molecule has 33 heavy (non-hydrogen) atoms. The SMILES string of the molecule is CCOC(=O)c1c(NC(=O)[C@H](C)OC(=O)COc2ccc(Cl)c(C)c2)sc2c1CC[C@@H](C)C2. The van der Waals surface area contributed by atoms with Crippen molar-refractivity contribution >= 4 is 45.8 Å². The van der Waals surface area contributed by atoms with Crippen molar-refractivity contribution in [1.29, 1.82) is 0 Å². The summed E-state index contributed by atoms with van der Waals surface area (Å²) in [6.07, 6.45) is 1.53. The molecule has 1 aromatic carbocycles. The summed E-state index contributed by atoms with van der Waals surface area (Å²) >= 11 is 7.37. The number of benzene rings is 1. The second kappa shape index (κ2) is 11.0. The van der Waals surface area contributed by atoms with Crippen molar-refractivity contribution in [2.75, 3.05) is 18.5 Å². The van der Waals surface area contributed by atoms with Crippen LogP contribution in [-0.2, 0) is 31.9 Å². The number of fused-ring (bicyclic) bond motifs is 1. The Hall–Kier alpha value is -2.58. The molecule has 0 saturated carbocycles. The molecule has 1 N–H and O–H groups in total. The molecule has 0 radical (unpaired) electrons. The number of halogens is 1. The van der Waals surface area contributed by atoms with Crippen LogP contribution in [0.2, 0.25) is 5.02 Å². The lowest BCUT2D eigenvalue weighted by molar-refractivity contribution is -0.155. The normalized spacial score (nSPS) is 15.8. The van der Waals surface area contributed by atoms with E-state index in [9.17, 15) is 14.4 Å². The van der Waals surface area contributed by atoms with Crippen molar-refractivity contribution in [3.05, 3.63) is 44.8 Å². The van der Waals surface area contributed by atoms with Gasteiger partial charge in [-0.05, 0) is 75.3 Å². The van der Waals surface area contributed by atoms with Gasteiger partial charge in [0.25, 0.3) is 5.91 Å². The molecule has 0 aliphatic heterocycles. The van der Waals surface area contributed by atoms with Gasteiger partial charge >= 0.3 is 11.9 Å². The molecule has 0 unspecified atom stereocenters. The first-order chi connectivity index (χ1) is 15.7. The van der Waals surface area contributed by atoms with Gasteiger partial charge in [-0.2, -0.15) is 0 Å². The van der Waals surface area contributed by atoms with Crippen LogP contribution >= 0.6 is 22.9 Å². The molecule has 2 aromatic rings. The van der Waals surface area contributed by atoms with Crippen LogP contribution in [-0.4, -0.2) is 37.2 Å². The Kier molecular flexibility index (Phi) is 8.37. The van der Waals surface area contributed by atoms with Gasteiger partial charge in [0.1, 0.15) is 10.8 Å². The minimum Gasteiger partial charge on any atom is -0.482 e. The van der Waals surface area contributed by atoms with E-state index in [1.165, 1.54) is 18.3 Å². The fourth-order valence-corrected chi connectivity index (χ4v) is 5.12. The van der Waals surface area contributed by atoms with Gasteiger partial charge in [-0.3, -0.25) is 4.79 Å². The average molecular weight is 494 g/mol. The van der Waals surface area contributed by atoms with Crippen LogP contribution in [0.3, 0.4) is 0 Å². The fraction of sp³-hybridized carbons (Fsp3) is 0.458. The summed E-state index contributed by atoms with van der Waals surface area (Å²) in [6.45, 7) is 7.10. The third kappa shape index (κ3) is 6.26. The highest BCUT2D eigenvalue weighted by Crippen LogP contribution is 2.40. The third-order valence-electron chi connectivity index (χ3n) is 5.39. The third-order valence-corrected chi connectivity index (χ3v) is 6.99. The summed E-state index contributed by atoms with van der Waals surface area (Å²) < 4.78 is 15.9. The first kappa shape index (κ1) is 25.1. The summed E-state index contributed by atoms with van der Waals surface area (Å²) in [4.78, 5) is 38.6. The molecular weight excluding hydrogens is 466 g/mol. The number of amides is 1. The van der Waals surface area contributed by atoms with E-state index in [0.29, 0.717) is 27.3 Å². The number of esters is 2. The summed E-state index contributed by atoms with van der Waals surface area (Å²) in [5, 5.41) is 3.80. The van der Waals surface area contributed by atoms with Gasteiger partial charge in [0.2, 0.25) is 0 Å². The smallest absolute Gasteiger partial charge is 0.344 e. The number of rotatable bonds is 8. The topological polar surface area (TPSA) is 90.9 Å². The Bertz CT molecular complexity index is 1050. The van der Waals surface area contributed by atoms with E-state index >= 15 is 0 Å². The van der Waals surface area contributed by atoms with Crippen molar-refractivity contribution in [2.45, 2.75) is 53.1 Å². The molecule has 1 aliphatic rings. The predicted molar refractivity (Wildman–Crippen MR) is 127 cm³/mol. The number of aryl methyl sites for hydroxylation is 1. The Labute approximate surface area is 202 Å². The van der Waals surface area contributed by atoms with Crippen LogP contribution < -0.4 is 10.1 Å². The quantitative estimate of drug-likeness (QED) is 0.522. The number of anilines is 1. The zero-order valence-electron chi connectivity index (χ0n) is 19.2. The number of hydrogen-bond acceptors (Lipinski definition) is 7. The van der Waals surface area contributed by atoms with E-state index < -0.39 is 23.9 Å². The zero-order chi connectivity index (χ0) is 24.1. The van der Waals surface area contributed by atoms with Crippen LogP contribution in [0.1, 0.15) is 53.6 Å². The molecule has 9 heteroatoms. The van der Waals surface area contributed by atoms with Crippen molar-refractivity contribution in [2.24, 2.45) is 5.92 Å². The van der Waals surface area contributed by atoms with Gasteiger partial charge in [-0.25, -0.2) is 9.59 Å². The first-order valence-electron chi connectivity index (χ1n) is 10.9. The number of hydrogen-bond donors (Lipinski definition) is 1. The Morgan fingerprint density at radius 3 is 2.76 bits per heavy atom. The van der Waals surface area contributed by atoms with E-state index in [1.54, 1.807) is 25.1 Å². The lowest BCUT2D eigenvalue weighted by atomic mass is 9.88. The van der Waals surface area contributed by atoms with E-state index in [4.69, 9.17) is 25.8 Å². The number of carbonyl (C=O) groups is 3. The monoisotopic (exact) mass is 493 g/mol. The Morgan fingerprint density at radius 1 is 1.30 bits per heavy atom. The molecule has 1 heterocycles. The molecule has 2 atom stereocenters. The second-order valence-electron chi connectivity index (χ2n) is 8.10. The highest BCUT2D eigenvalue weighted by atomic mass is 35.5. The van der Waals surface area contributed by atoms with Crippen LogP contribution in [0, 0.1) is 12.8 Å². The number of ether oxygens (including phenoxy) is 3. The maximum atomic E-state index is 12.7. The van der Waals surface area contributed by atoms with E-state index in [-0.39, 0.29) is 13.2 Å². The van der Waals surface area contributed by atoms with Crippen LogP contribution in [0.15, 0.2) is 18.2 Å². The second-order valence-corrected chi connectivity index (χ2v) is 9.61. The van der Waals surface area contributed by atoms with Gasteiger partial charge in [-0.1, -0.05) is 18.5 Å². The van der Waals surface area contributed by atoms with Gasteiger partial charge in [-0.15, -0.1) is 11.3 Å². The average Bonchev–Trinajstić information content (AvgIpc) is 3.11. The zero-order valence-corrected chi connectivity index (χ0v) is 20.7. The van der Waals surface area contributed by atoms with Crippen LogP contribution in [0.5, 0.6) is 5.75 Å². The molecule has 178 valence electrons. The summed E-state index contributed by atoms with van der Waals surface area (Å²) in [5.41, 5.74) is 2.18. The molecule has 0 bridgehead atoms. The highest BCUT2D eigenvalue weighted by Gasteiger charge is 2.30. The standard InChI is InChI=1S/C24H28ClNO6S/c1-5-30-24(29)21-17-8-6-13(2)10-19(17)33-23(21)26-22(28)15(4)32-20(27)12-31-16-7-9-18(25)14(3)11-16/h7,9,11,13,15H,5-6,8,10,12H2,1-4H3,(H,26,28)/t13-,15+/m1/s1. The molecule has 7 nitrogen and oxygen atoms in total. The van der Waals surface area contributed by atoms with E-state index in [1.807, 2.05) is 6.92 Å². The van der Waals surface area contributed by atoms with Crippen molar-refractivity contribution in [3.63, 3.8) is 0 Å². The van der Waals surface area contributed by atoms with Crippen LogP contribution in [0.4, 0.5) is 5.00 Å². The largest absolute Gasteiger partial charge is 0.482 e. The van der Waals surface area contributed by atoms with Crippen molar-refractivity contribution < 1.29 is 28.6 Å². The first-order valence-corrected chi connectivity index (χ1v) is 12.1. The van der Waals surface area contributed by atoms with Gasteiger partial charge < -0.3 is 19.5 Å². The predicted octanol–water partition coefficient (Wildman–Crippen LogP) is 4.96. The summed E-state index contributed by atoms with van der Waals surface area (Å²) in [7, 11) is 0. The van der Waals surface area contributed by atoms with Gasteiger partial charge in [0, 0.05) is 9.90 Å². The van der Waals surface area contributed by atoms with Crippen LogP contribution in [0.25, 0.3) is 0 Å². The summed E-state index contributed by atoms with van der Waals surface area (Å²) in [5.74, 6) is -0.670. The minimum absolute atomic E-state index is 0.244. The molecule has 0 fully saturated rings. The van der Waals surface area contributed by atoms with Crippen molar-refractivity contribution in [3.8, 4) is 5.75 Å². The summed E-state index contributed by atoms with van der Waals surface area (Å²) in [6, 6.07) is 5.04. The minimum atomic E-state index is -1.07. The Morgan fingerprint density at radius 2 is 2.06 bits per heavy atom. The van der Waals surface area contributed by atoms with Crippen molar-refractivity contribution in [1.82, 2.24) is 0 Å². The molecule has 1 aliphatic carbocycles. The van der Waals surface area contributed by atoms with E-state index in [0.717, 1.165) is 35.3 Å². The number of nitrogens with one attached hydrogen (secondary N) is 1. The number of carbonyl (C=O) groups excluding carboxylic acids is 3. The molecule has 1 aromatic heterocycles. The van der Waals surface area contributed by atoms with Gasteiger partial charge in [0.05, 0.1) is 12.2 Å². The maximum Gasteiger partial charge on any atom is 0.344 e. The molecule has 3 rings (SSSR count). The maximum absolute atomic E-state index is 12.7. The molecule has 1 amide bonds. The molecular formula is C24H28ClNO6S. The lowest BCUT2D eigenvalue weighted by Crippen LogP contribution is -2.32. The molecule has 0 saturated heterocycles.